The maximum atomic E-state index is 5.80. The first-order valence-corrected chi connectivity index (χ1v) is 4.77. The predicted octanol–water partition coefficient (Wildman–Crippen LogP) is 1.50. The topological polar surface area (TPSA) is 38.0 Å². The van der Waals surface area contributed by atoms with E-state index >= 15 is 0 Å². The van der Waals surface area contributed by atoms with Gasteiger partial charge in [0.25, 0.3) is 0 Å². The Bertz CT molecular complexity index is 74.0. The van der Waals surface area contributed by atoms with Crippen LogP contribution in [0.2, 0.25) is 0 Å². The molecule has 0 spiro atoms. The second kappa shape index (κ2) is 8.02. The monoisotopic (exact) mass is 158 g/mol. The van der Waals surface area contributed by atoms with Crippen molar-refractivity contribution in [1.82, 2.24) is 5.32 Å². The summed E-state index contributed by atoms with van der Waals surface area (Å²) >= 11 is 0. The molecule has 0 heterocycles. The fourth-order valence-corrected chi connectivity index (χ4v) is 1.06. The Kier molecular flexibility index (Phi) is 7.96. The molecular weight excluding hydrogens is 136 g/mol. The average molecular weight is 158 g/mol. The highest BCUT2D eigenvalue weighted by Crippen LogP contribution is 1.91. The van der Waals surface area contributed by atoms with Crippen LogP contribution in [0.3, 0.4) is 0 Å². The van der Waals surface area contributed by atoms with Gasteiger partial charge in [-0.3, -0.25) is 0 Å². The van der Waals surface area contributed by atoms with Crippen molar-refractivity contribution in [3.05, 3.63) is 0 Å². The third-order valence-corrected chi connectivity index (χ3v) is 1.77. The number of rotatable bonds is 7. The molecule has 0 saturated carbocycles. The lowest BCUT2D eigenvalue weighted by Crippen LogP contribution is -2.34. The molecule has 1 atom stereocenters. The summed E-state index contributed by atoms with van der Waals surface area (Å²) in [5, 5.41) is 3.35. The molecule has 0 fully saturated rings. The highest BCUT2D eigenvalue weighted by atomic mass is 14.9. The maximum Gasteiger partial charge on any atom is 0.0165 e. The molecule has 0 radical (unpaired) electrons. The van der Waals surface area contributed by atoms with Gasteiger partial charge < -0.3 is 11.1 Å². The highest BCUT2D eigenvalue weighted by molar-refractivity contribution is 4.62. The number of nitrogens with two attached hydrogens (primary N) is 1. The molecule has 0 bridgehead atoms. The molecule has 2 heteroatoms. The summed E-state index contributed by atoms with van der Waals surface area (Å²) < 4.78 is 0. The van der Waals surface area contributed by atoms with Crippen LogP contribution in [-0.4, -0.2) is 19.1 Å². The number of hydrogen-bond donors (Lipinski definition) is 2. The summed E-state index contributed by atoms with van der Waals surface area (Å²) in [7, 11) is 0. The molecule has 11 heavy (non-hydrogen) atoms. The maximum absolute atomic E-state index is 5.80. The quantitative estimate of drug-likeness (QED) is 0.551. The van der Waals surface area contributed by atoms with Gasteiger partial charge in [0.2, 0.25) is 0 Å². The van der Waals surface area contributed by atoms with E-state index in [2.05, 4.69) is 19.2 Å². The molecule has 0 saturated heterocycles. The van der Waals surface area contributed by atoms with E-state index in [1.807, 2.05) is 0 Å². The summed E-state index contributed by atoms with van der Waals surface area (Å²) in [5.41, 5.74) is 5.80. The molecule has 0 rings (SSSR count). The van der Waals surface area contributed by atoms with Crippen molar-refractivity contribution in [2.45, 2.75) is 45.6 Å². The summed E-state index contributed by atoms with van der Waals surface area (Å²) in [4.78, 5) is 0. The lowest BCUT2D eigenvalue weighted by atomic mass is 10.2. The lowest BCUT2D eigenvalue weighted by molar-refractivity contribution is 0.530. The van der Waals surface area contributed by atoms with Crippen molar-refractivity contribution >= 4 is 0 Å². The van der Waals surface area contributed by atoms with Crippen LogP contribution in [0.4, 0.5) is 0 Å². The first kappa shape index (κ1) is 10.9. The van der Waals surface area contributed by atoms with Crippen LogP contribution >= 0.6 is 0 Å². The van der Waals surface area contributed by atoms with Crippen LogP contribution in [0, 0.1) is 0 Å². The fraction of sp³-hybridized carbons (Fsp3) is 1.00. The van der Waals surface area contributed by atoms with Crippen LogP contribution in [-0.2, 0) is 0 Å². The van der Waals surface area contributed by atoms with E-state index in [1.54, 1.807) is 0 Å². The Morgan fingerprint density at radius 3 is 2.55 bits per heavy atom. The minimum Gasteiger partial charge on any atom is -0.327 e. The van der Waals surface area contributed by atoms with Gasteiger partial charge in [0.05, 0.1) is 0 Å². The van der Waals surface area contributed by atoms with E-state index in [1.165, 1.54) is 19.3 Å². The first-order valence-electron chi connectivity index (χ1n) is 4.77. The molecule has 3 N–H and O–H groups in total. The minimum absolute atomic E-state index is 0.358. The zero-order chi connectivity index (χ0) is 8.53. The Balaban J connectivity index is 2.97. The Morgan fingerprint density at radius 2 is 2.00 bits per heavy atom. The summed E-state index contributed by atoms with van der Waals surface area (Å²) in [6.07, 6.45) is 4.85. The molecule has 0 amide bonds. The van der Waals surface area contributed by atoms with Gasteiger partial charge in [-0.1, -0.05) is 26.7 Å². The van der Waals surface area contributed by atoms with Crippen molar-refractivity contribution in [2.24, 2.45) is 5.73 Å². The third kappa shape index (κ3) is 7.82. The molecule has 0 aromatic carbocycles. The predicted molar refractivity (Wildman–Crippen MR) is 50.7 cm³/mol. The second-order valence-electron chi connectivity index (χ2n) is 3.11. The summed E-state index contributed by atoms with van der Waals surface area (Å²) in [6.45, 7) is 6.47. The lowest BCUT2D eigenvalue weighted by Gasteiger charge is -2.10. The van der Waals surface area contributed by atoms with Gasteiger partial charge in [0.1, 0.15) is 0 Å². The molecule has 0 aliphatic rings. The van der Waals surface area contributed by atoms with Gasteiger partial charge in [0.15, 0.2) is 0 Å². The molecule has 68 valence electrons. The highest BCUT2D eigenvalue weighted by Gasteiger charge is 1.98. The minimum atomic E-state index is 0.358. The first-order chi connectivity index (χ1) is 5.31. The molecule has 2 nitrogen and oxygen atoms in total. The molecule has 0 aliphatic carbocycles. The summed E-state index contributed by atoms with van der Waals surface area (Å²) in [6, 6.07) is 0.358. The van der Waals surface area contributed by atoms with E-state index in [9.17, 15) is 0 Å². The van der Waals surface area contributed by atoms with E-state index < -0.39 is 0 Å². The van der Waals surface area contributed by atoms with Crippen LogP contribution in [0.1, 0.15) is 39.5 Å². The van der Waals surface area contributed by atoms with E-state index in [0.29, 0.717) is 6.04 Å². The smallest absolute Gasteiger partial charge is 0.0165 e. The van der Waals surface area contributed by atoms with Crippen molar-refractivity contribution in [2.75, 3.05) is 13.1 Å². The van der Waals surface area contributed by atoms with Crippen molar-refractivity contribution in [3.8, 4) is 0 Å². The largest absolute Gasteiger partial charge is 0.327 e. The third-order valence-electron chi connectivity index (χ3n) is 1.77. The Labute approximate surface area is 70.5 Å². The Hall–Kier alpha value is -0.0800. The van der Waals surface area contributed by atoms with Gasteiger partial charge >= 0.3 is 0 Å². The van der Waals surface area contributed by atoms with Gasteiger partial charge in [-0.05, 0) is 19.4 Å². The van der Waals surface area contributed by atoms with Crippen LogP contribution in [0.25, 0.3) is 0 Å². The molecule has 1 unspecified atom stereocenters. The molecule has 0 aromatic heterocycles. The van der Waals surface area contributed by atoms with Crippen molar-refractivity contribution in [3.63, 3.8) is 0 Å². The van der Waals surface area contributed by atoms with Gasteiger partial charge in [-0.25, -0.2) is 0 Å². The van der Waals surface area contributed by atoms with Gasteiger partial charge in [-0.15, -0.1) is 0 Å². The standard InChI is InChI=1S/C9H22N2/c1-3-5-7-11-8-9(10)6-4-2/h9,11H,3-8,10H2,1-2H3. The molecular formula is C9H22N2. The van der Waals surface area contributed by atoms with Crippen molar-refractivity contribution < 1.29 is 0 Å². The number of nitrogens with one attached hydrogen (secondary N) is 1. The van der Waals surface area contributed by atoms with Gasteiger partial charge in [0, 0.05) is 12.6 Å². The molecule has 0 aliphatic heterocycles. The fourth-order valence-electron chi connectivity index (χ4n) is 1.06. The van der Waals surface area contributed by atoms with E-state index in [4.69, 9.17) is 5.73 Å². The van der Waals surface area contributed by atoms with Gasteiger partial charge in [-0.2, -0.15) is 0 Å². The van der Waals surface area contributed by atoms with Crippen LogP contribution < -0.4 is 11.1 Å². The zero-order valence-electron chi connectivity index (χ0n) is 7.90. The van der Waals surface area contributed by atoms with Crippen LogP contribution in [0.15, 0.2) is 0 Å². The normalized spacial score (nSPS) is 13.4. The van der Waals surface area contributed by atoms with E-state index in [0.717, 1.165) is 19.5 Å². The van der Waals surface area contributed by atoms with Crippen molar-refractivity contribution in [1.29, 1.82) is 0 Å². The number of unbranched alkanes of at least 4 members (excludes halogenated alkanes) is 1. The van der Waals surface area contributed by atoms with E-state index in [-0.39, 0.29) is 0 Å². The molecule has 0 aromatic rings. The zero-order valence-corrected chi connectivity index (χ0v) is 7.90. The number of hydrogen-bond acceptors (Lipinski definition) is 2. The summed E-state index contributed by atoms with van der Waals surface area (Å²) in [5.74, 6) is 0. The Morgan fingerprint density at radius 1 is 1.27 bits per heavy atom. The second-order valence-corrected chi connectivity index (χ2v) is 3.11. The SMILES string of the molecule is CCCCNCC(N)CCC. The van der Waals surface area contributed by atoms with Crippen LogP contribution in [0.5, 0.6) is 0 Å². The average Bonchev–Trinajstić information content (AvgIpc) is 1.99.